The number of rotatable bonds is 4. The van der Waals surface area contributed by atoms with Gasteiger partial charge in [-0.3, -0.25) is 19.6 Å². The number of carbonyl (C=O) groups is 1. The Labute approximate surface area is 124 Å². The summed E-state index contributed by atoms with van der Waals surface area (Å²) >= 11 is 0. The highest BCUT2D eigenvalue weighted by molar-refractivity contribution is 5.76. The Kier molecular flexibility index (Phi) is 4.59. The largest absolute Gasteiger partial charge is 0.338 e. The molecule has 0 bridgehead atoms. The number of likely N-dealkylation sites (tertiary alicyclic amines) is 1. The van der Waals surface area contributed by atoms with Crippen LogP contribution in [0.25, 0.3) is 0 Å². The summed E-state index contributed by atoms with van der Waals surface area (Å²) < 4.78 is 1.46. The molecule has 2 heterocycles. The fourth-order valence-electron chi connectivity index (χ4n) is 3.08. The van der Waals surface area contributed by atoms with E-state index in [-0.39, 0.29) is 18.1 Å². The zero-order valence-corrected chi connectivity index (χ0v) is 12.8. The predicted molar refractivity (Wildman–Crippen MR) is 78.0 cm³/mol. The number of aryl methyl sites for hydroxylation is 1. The lowest BCUT2D eigenvalue weighted by atomic mass is 10.00. The van der Waals surface area contributed by atoms with Crippen LogP contribution in [0.3, 0.4) is 0 Å². The summed E-state index contributed by atoms with van der Waals surface area (Å²) in [5, 5.41) is 15.1. The average molecular weight is 294 g/mol. The summed E-state index contributed by atoms with van der Waals surface area (Å²) in [5.74, 6) is 0.00190. The fraction of sp³-hybridized carbons (Fsp3) is 0.714. The van der Waals surface area contributed by atoms with Gasteiger partial charge in [0.1, 0.15) is 17.9 Å². The molecule has 0 saturated carbocycles. The van der Waals surface area contributed by atoms with E-state index in [1.54, 1.807) is 13.8 Å². The number of nitrogens with zero attached hydrogens (tertiary/aromatic N) is 4. The number of hydrogen-bond donors (Lipinski definition) is 0. The third-order valence-corrected chi connectivity index (χ3v) is 4.23. The SMILES string of the molecule is CCC1CCCCN1C(=O)Cn1nc(C)c([N+](=O)[O-])c1C. The zero-order valence-electron chi connectivity index (χ0n) is 12.8. The second-order valence-electron chi connectivity index (χ2n) is 5.58. The van der Waals surface area contributed by atoms with Gasteiger partial charge in [0.2, 0.25) is 5.91 Å². The van der Waals surface area contributed by atoms with Crippen LogP contribution in [0.1, 0.15) is 44.0 Å². The van der Waals surface area contributed by atoms with E-state index in [4.69, 9.17) is 0 Å². The molecule has 2 rings (SSSR count). The van der Waals surface area contributed by atoms with E-state index in [0.29, 0.717) is 17.4 Å². The van der Waals surface area contributed by atoms with E-state index >= 15 is 0 Å². The summed E-state index contributed by atoms with van der Waals surface area (Å²) in [6, 6.07) is 0.290. The van der Waals surface area contributed by atoms with Gasteiger partial charge in [0.05, 0.1) is 4.92 Å². The van der Waals surface area contributed by atoms with E-state index in [1.807, 2.05) is 4.90 Å². The maximum absolute atomic E-state index is 12.5. The first-order chi connectivity index (χ1) is 9.95. The lowest BCUT2D eigenvalue weighted by Crippen LogP contribution is -2.45. The minimum atomic E-state index is -0.436. The first-order valence-electron chi connectivity index (χ1n) is 7.43. The van der Waals surface area contributed by atoms with Crippen molar-refractivity contribution in [3.05, 3.63) is 21.5 Å². The van der Waals surface area contributed by atoms with Gasteiger partial charge in [0.25, 0.3) is 0 Å². The van der Waals surface area contributed by atoms with Gasteiger partial charge in [-0.15, -0.1) is 0 Å². The summed E-state index contributed by atoms with van der Waals surface area (Å²) in [7, 11) is 0. The Bertz CT molecular complexity index is 553. The van der Waals surface area contributed by atoms with Gasteiger partial charge in [-0.1, -0.05) is 6.92 Å². The van der Waals surface area contributed by atoms with Crippen LogP contribution in [0.2, 0.25) is 0 Å². The molecule has 1 saturated heterocycles. The van der Waals surface area contributed by atoms with Gasteiger partial charge >= 0.3 is 5.69 Å². The Morgan fingerprint density at radius 3 is 2.71 bits per heavy atom. The molecule has 1 aromatic heterocycles. The van der Waals surface area contributed by atoms with Crippen molar-refractivity contribution < 1.29 is 9.72 Å². The molecule has 1 aliphatic rings. The van der Waals surface area contributed by atoms with E-state index in [1.165, 1.54) is 4.68 Å². The van der Waals surface area contributed by atoms with Crippen molar-refractivity contribution in [1.29, 1.82) is 0 Å². The third kappa shape index (κ3) is 3.06. The van der Waals surface area contributed by atoms with E-state index in [9.17, 15) is 14.9 Å². The highest BCUT2D eigenvalue weighted by Gasteiger charge is 2.28. The molecule has 0 N–H and O–H groups in total. The number of nitro groups is 1. The Morgan fingerprint density at radius 2 is 2.14 bits per heavy atom. The van der Waals surface area contributed by atoms with Crippen LogP contribution in [0.4, 0.5) is 5.69 Å². The number of carbonyl (C=O) groups excluding carboxylic acids is 1. The molecule has 7 nitrogen and oxygen atoms in total. The molecule has 0 aliphatic carbocycles. The zero-order chi connectivity index (χ0) is 15.6. The topological polar surface area (TPSA) is 81.3 Å². The lowest BCUT2D eigenvalue weighted by Gasteiger charge is -2.35. The molecule has 1 atom stereocenters. The maximum Gasteiger partial charge on any atom is 0.312 e. The van der Waals surface area contributed by atoms with Gasteiger partial charge in [-0.2, -0.15) is 5.10 Å². The summed E-state index contributed by atoms with van der Waals surface area (Å²) in [6.45, 7) is 6.18. The average Bonchev–Trinajstić information content (AvgIpc) is 2.73. The van der Waals surface area contributed by atoms with Crippen LogP contribution in [-0.4, -0.2) is 38.1 Å². The van der Waals surface area contributed by atoms with Crippen LogP contribution >= 0.6 is 0 Å². The van der Waals surface area contributed by atoms with E-state index < -0.39 is 4.92 Å². The van der Waals surface area contributed by atoms with Gasteiger partial charge in [0, 0.05) is 12.6 Å². The summed E-state index contributed by atoms with van der Waals surface area (Å²) in [5.41, 5.74) is 0.806. The minimum Gasteiger partial charge on any atom is -0.338 e. The Balaban J connectivity index is 2.16. The quantitative estimate of drug-likeness (QED) is 0.629. The molecule has 21 heavy (non-hydrogen) atoms. The van der Waals surface area contributed by atoms with Crippen LogP contribution in [0, 0.1) is 24.0 Å². The summed E-state index contributed by atoms with van der Waals surface area (Å²) in [6.07, 6.45) is 4.18. The molecule has 0 aromatic carbocycles. The van der Waals surface area contributed by atoms with Crippen molar-refractivity contribution in [1.82, 2.24) is 14.7 Å². The maximum atomic E-state index is 12.5. The number of amides is 1. The van der Waals surface area contributed by atoms with Crippen molar-refractivity contribution in [3.63, 3.8) is 0 Å². The van der Waals surface area contributed by atoms with Crippen LogP contribution in [0.15, 0.2) is 0 Å². The molecular weight excluding hydrogens is 272 g/mol. The molecule has 1 fully saturated rings. The molecular formula is C14H22N4O3. The van der Waals surface area contributed by atoms with Crippen LogP contribution in [0.5, 0.6) is 0 Å². The first-order valence-corrected chi connectivity index (χ1v) is 7.43. The molecule has 1 aromatic rings. The number of piperidine rings is 1. The highest BCUT2D eigenvalue weighted by Crippen LogP contribution is 2.23. The molecule has 7 heteroatoms. The Hall–Kier alpha value is -1.92. The molecule has 1 amide bonds. The van der Waals surface area contributed by atoms with E-state index in [0.717, 1.165) is 32.2 Å². The first kappa shape index (κ1) is 15.5. The molecule has 0 radical (unpaired) electrons. The predicted octanol–water partition coefficient (Wildman–Crippen LogP) is 2.20. The van der Waals surface area contributed by atoms with Gasteiger partial charge < -0.3 is 4.90 Å². The van der Waals surface area contributed by atoms with E-state index in [2.05, 4.69) is 12.0 Å². The third-order valence-electron chi connectivity index (χ3n) is 4.23. The normalized spacial score (nSPS) is 18.8. The standard InChI is InChI=1S/C14H22N4O3/c1-4-12-7-5-6-8-16(12)13(19)9-17-11(3)14(18(20)21)10(2)15-17/h12H,4-9H2,1-3H3. The minimum absolute atomic E-state index is 0.00190. The highest BCUT2D eigenvalue weighted by atomic mass is 16.6. The van der Waals surface area contributed by atoms with Crippen LogP contribution in [-0.2, 0) is 11.3 Å². The molecule has 1 aliphatic heterocycles. The molecule has 116 valence electrons. The second kappa shape index (κ2) is 6.24. The van der Waals surface area contributed by atoms with Gasteiger partial charge in [-0.25, -0.2) is 0 Å². The van der Waals surface area contributed by atoms with Crippen molar-refractivity contribution in [2.45, 2.75) is 59.0 Å². The number of hydrogen-bond acceptors (Lipinski definition) is 4. The number of aromatic nitrogens is 2. The van der Waals surface area contributed by atoms with Gasteiger partial charge in [0.15, 0.2) is 0 Å². The monoisotopic (exact) mass is 294 g/mol. The lowest BCUT2D eigenvalue weighted by molar-refractivity contribution is -0.386. The Morgan fingerprint density at radius 1 is 1.43 bits per heavy atom. The van der Waals surface area contributed by atoms with Crippen LogP contribution < -0.4 is 0 Å². The summed E-state index contributed by atoms with van der Waals surface area (Å²) in [4.78, 5) is 24.9. The fourth-order valence-corrected chi connectivity index (χ4v) is 3.08. The molecule has 1 unspecified atom stereocenters. The van der Waals surface area contributed by atoms with Gasteiger partial charge in [-0.05, 0) is 39.5 Å². The van der Waals surface area contributed by atoms with Crippen molar-refractivity contribution >= 4 is 11.6 Å². The van der Waals surface area contributed by atoms with Crippen molar-refractivity contribution in [2.24, 2.45) is 0 Å². The second-order valence-corrected chi connectivity index (χ2v) is 5.58. The van der Waals surface area contributed by atoms with Crippen molar-refractivity contribution in [2.75, 3.05) is 6.54 Å². The molecule has 0 spiro atoms. The van der Waals surface area contributed by atoms with Crippen molar-refractivity contribution in [3.8, 4) is 0 Å². The smallest absolute Gasteiger partial charge is 0.312 e.